The highest BCUT2D eigenvalue weighted by Crippen LogP contribution is 2.31. The summed E-state index contributed by atoms with van der Waals surface area (Å²) in [7, 11) is 0. The molecule has 0 unspecified atom stereocenters. The zero-order valence-electron chi connectivity index (χ0n) is 7.18. The molecule has 0 spiro atoms. The number of hydrogen-bond acceptors (Lipinski definition) is 3. The van der Waals surface area contributed by atoms with Gasteiger partial charge >= 0.3 is 6.03 Å². The third kappa shape index (κ3) is 1.43. The third-order valence-electron chi connectivity index (χ3n) is 1.83. The van der Waals surface area contributed by atoms with Gasteiger partial charge in [-0.25, -0.2) is 4.79 Å². The molecule has 2 aromatic rings. The second-order valence-corrected chi connectivity index (χ2v) is 3.83. The van der Waals surface area contributed by atoms with E-state index in [2.05, 4.69) is 0 Å². The van der Waals surface area contributed by atoms with E-state index < -0.39 is 6.03 Å². The van der Waals surface area contributed by atoms with Crippen LogP contribution in [0.1, 0.15) is 0 Å². The van der Waals surface area contributed by atoms with Crippen LogP contribution in [-0.4, -0.2) is 11.2 Å². The van der Waals surface area contributed by atoms with Crippen LogP contribution in [0.4, 0.5) is 9.80 Å². The van der Waals surface area contributed by atoms with Crippen molar-refractivity contribution in [2.24, 2.45) is 5.73 Å². The van der Waals surface area contributed by atoms with Gasteiger partial charge in [0.05, 0.1) is 0 Å². The minimum atomic E-state index is -0.878. The number of hydrogen-bond donors (Lipinski definition) is 2. The second-order valence-electron chi connectivity index (χ2n) is 2.77. The summed E-state index contributed by atoms with van der Waals surface area (Å²) in [6.07, 6.45) is 0. The number of fused-ring (bicyclic) bond motifs is 1. The van der Waals surface area contributed by atoms with Gasteiger partial charge in [0.2, 0.25) is 0 Å². The zero-order valence-corrected chi connectivity index (χ0v) is 7.99. The van der Waals surface area contributed by atoms with Crippen LogP contribution >= 0.6 is 11.3 Å². The van der Waals surface area contributed by atoms with E-state index in [1.54, 1.807) is 6.07 Å². The van der Waals surface area contributed by atoms with Crippen molar-refractivity contribution < 1.29 is 10.0 Å². The predicted octanol–water partition coefficient (Wildman–Crippen LogP) is 2.18. The van der Waals surface area contributed by atoms with Gasteiger partial charge < -0.3 is 5.73 Å². The van der Waals surface area contributed by atoms with Crippen molar-refractivity contribution >= 4 is 32.5 Å². The Kier molecular flexibility index (Phi) is 2.11. The van der Waals surface area contributed by atoms with E-state index in [-0.39, 0.29) is 0 Å². The smallest absolute Gasteiger partial charge is 0.344 e. The number of nitrogens with zero attached hydrogens (tertiary/aromatic N) is 1. The maximum Gasteiger partial charge on any atom is 0.344 e. The Morgan fingerprint density at radius 3 is 2.79 bits per heavy atom. The van der Waals surface area contributed by atoms with Gasteiger partial charge in [-0.2, -0.15) is 5.06 Å². The van der Waals surface area contributed by atoms with Gasteiger partial charge in [0.25, 0.3) is 0 Å². The third-order valence-corrected chi connectivity index (χ3v) is 2.92. The molecule has 4 nitrogen and oxygen atoms in total. The molecule has 0 bridgehead atoms. The number of primary amides is 1. The average Bonchev–Trinajstić information content (AvgIpc) is 2.59. The monoisotopic (exact) mass is 208 g/mol. The maximum atomic E-state index is 10.7. The van der Waals surface area contributed by atoms with Crippen LogP contribution in [0, 0.1) is 0 Å². The van der Waals surface area contributed by atoms with Crippen LogP contribution in [0.5, 0.6) is 0 Å². The number of benzene rings is 1. The van der Waals surface area contributed by atoms with Gasteiger partial charge in [-0.05, 0) is 17.5 Å². The number of anilines is 1. The zero-order chi connectivity index (χ0) is 10.1. The largest absolute Gasteiger partial charge is 0.349 e. The summed E-state index contributed by atoms with van der Waals surface area (Å²) in [6, 6.07) is 8.45. The molecular formula is C9H8N2O2S. The molecule has 3 N–H and O–H groups in total. The van der Waals surface area contributed by atoms with E-state index in [4.69, 9.17) is 5.73 Å². The van der Waals surface area contributed by atoms with Crippen molar-refractivity contribution in [3.63, 3.8) is 0 Å². The van der Waals surface area contributed by atoms with Crippen LogP contribution in [0.3, 0.4) is 0 Å². The highest BCUT2D eigenvalue weighted by Gasteiger charge is 2.11. The summed E-state index contributed by atoms with van der Waals surface area (Å²) in [5, 5.41) is 11.1. The van der Waals surface area contributed by atoms with Gasteiger partial charge in [0.15, 0.2) is 0 Å². The molecule has 0 aliphatic carbocycles. The van der Waals surface area contributed by atoms with E-state index in [1.807, 2.05) is 24.3 Å². The van der Waals surface area contributed by atoms with Crippen LogP contribution in [0.15, 0.2) is 30.3 Å². The van der Waals surface area contributed by atoms with Crippen molar-refractivity contribution in [2.45, 2.75) is 0 Å². The van der Waals surface area contributed by atoms with Crippen LogP contribution in [0.2, 0.25) is 0 Å². The molecule has 72 valence electrons. The van der Waals surface area contributed by atoms with Gasteiger partial charge in [-0.1, -0.05) is 18.2 Å². The van der Waals surface area contributed by atoms with Gasteiger partial charge in [-0.15, -0.1) is 11.3 Å². The Labute approximate surface area is 84.1 Å². The van der Waals surface area contributed by atoms with Crippen molar-refractivity contribution in [3.05, 3.63) is 30.3 Å². The minimum absolute atomic E-state index is 0.429. The molecule has 2 rings (SSSR count). The molecular weight excluding hydrogens is 200 g/mol. The van der Waals surface area contributed by atoms with E-state index in [0.29, 0.717) is 10.1 Å². The van der Waals surface area contributed by atoms with E-state index >= 15 is 0 Å². The van der Waals surface area contributed by atoms with Crippen molar-refractivity contribution in [1.82, 2.24) is 0 Å². The lowest BCUT2D eigenvalue weighted by molar-refractivity contribution is 0.213. The minimum Gasteiger partial charge on any atom is -0.349 e. The molecule has 0 atom stereocenters. The van der Waals surface area contributed by atoms with Crippen molar-refractivity contribution in [1.29, 1.82) is 0 Å². The van der Waals surface area contributed by atoms with Crippen LogP contribution < -0.4 is 10.8 Å². The van der Waals surface area contributed by atoms with Crippen molar-refractivity contribution in [3.8, 4) is 0 Å². The number of thiophene rings is 1. The molecule has 2 amide bonds. The predicted molar refractivity (Wildman–Crippen MR) is 55.7 cm³/mol. The topological polar surface area (TPSA) is 66.6 Å². The van der Waals surface area contributed by atoms with E-state index in [1.165, 1.54) is 11.3 Å². The Hall–Kier alpha value is -1.59. The maximum absolute atomic E-state index is 10.7. The molecule has 0 aliphatic heterocycles. The molecule has 0 radical (unpaired) electrons. The van der Waals surface area contributed by atoms with E-state index in [9.17, 15) is 10.0 Å². The number of hydroxylamine groups is 1. The molecule has 0 saturated carbocycles. The highest BCUT2D eigenvalue weighted by atomic mass is 32.1. The summed E-state index contributed by atoms with van der Waals surface area (Å²) in [4.78, 5) is 10.7. The fraction of sp³-hybridized carbons (Fsp3) is 0. The van der Waals surface area contributed by atoms with E-state index in [0.717, 1.165) is 10.1 Å². The SMILES string of the molecule is NC(=O)N(O)c1cc2ccccc2s1. The number of rotatable bonds is 1. The van der Waals surface area contributed by atoms with Crippen molar-refractivity contribution in [2.75, 3.05) is 5.06 Å². The Morgan fingerprint density at radius 2 is 2.14 bits per heavy atom. The van der Waals surface area contributed by atoms with Gasteiger partial charge in [0.1, 0.15) is 5.00 Å². The summed E-state index contributed by atoms with van der Waals surface area (Å²) < 4.78 is 1.00. The molecule has 5 heteroatoms. The lowest BCUT2D eigenvalue weighted by Crippen LogP contribution is -2.31. The quantitative estimate of drug-likeness (QED) is 0.557. The first-order valence-corrected chi connectivity index (χ1v) is 4.77. The standard InChI is InChI=1S/C9H8N2O2S/c10-9(12)11(13)8-5-6-3-1-2-4-7(6)14-8/h1-5,13H,(H2,10,12). The average molecular weight is 208 g/mol. The highest BCUT2D eigenvalue weighted by molar-refractivity contribution is 7.22. The van der Waals surface area contributed by atoms with Crippen LogP contribution in [0.25, 0.3) is 10.1 Å². The number of urea groups is 1. The first-order chi connectivity index (χ1) is 6.68. The van der Waals surface area contributed by atoms with Gasteiger partial charge in [0, 0.05) is 4.70 Å². The molecule has 0 aliphatic rings. The second kappa shape index (κ2) is 3.28. The number of carbonyl (C=O) groups is 1. The Balaban J connectivity index is 2.50. The molecule has 0 saturated heterocycles. The summed E-state index contributed by atoms with van der Waals surface area (Å²) in [5.74, 6) is 0. The molecule has 14 heavy (non-hydrogen) atoms. The fourth-order valence-corrected chi connectivity index (χ4v) is 2.16. The molecule has 1 aromatic carbocycles. The Bertz CT molecular complexity index is 447. The number of carbonyl (C=O) groups excluding carboxylic acids is 1. The Morgan fingerprint density at radius 1 is 1.43 bits per heavy atom. The normalized spacial score (nSPS) is 10.4. The van der Waals surface area contributed by atoms with Gasteiger partial charge in [-0.3, -0.25) is 5.21 Å². The summed E-state index contributed by atoms with van der Waals surface area (Å²) >= 11 is 1.31. The number of amides is 2. The number of nitrogens with two attached hydrogens (primary N) is 1. The lowest BCUT2D eigenvalue weighted by Gasteiger charge is -2.07. The first-order valence-electron chi connectivity index (χ1n) is 3.95. The molecule has 0 fully saturated rings. The van der Waals surface area contributed by atoms with Crippen LogP contribution in [-0.2, 0) is 0 Å². The lowest BCUT2D eigenvalue weighted by atomic mass is 10.3. The molecule has 1 heterocycles. The summed E-state index contributed by atoms with van der Waals surface area (Å²) in [5.41, 5.74) is 4.93. The first kappa shape index (κ1) is 8.98. The summed E-state index contributed by atoms with van der Waals surface area (Å²) in [6.45, 7) is 0. The molecule has 1 aromatic heterocycles. The fourth-order valence-electron chi connectivity index (χ4n) is 1.18.